The van der Waals surface area contributed by atoms with Gasteiger partial charge in [-0.25, -0.2) is 0 Å². The van der Waals surface area contributed by atoms with Crippen LogP contribution in [0.1, 0.15) is 12.0 Å². The molecule has 19 heavy (non-hydrogen) atoms. The Morgan fingerprint density at radius 1 is 1.26 bits per heavy atom. The van der Waals surface area contributed by atoms with E-state index in [0.717, 1.165) is 16.3 Å². The zero-order chi connectivity index (χ0) is 13.7. The summed E-state index contributed by atoms with van der Waals surface area (Å²) < 4.78 is 5.59. The van der Waals surface area contributed by atoms with Gasteiger partial charge < -0.3 is 15.2 Å². The number of aliphatic hydroxyl groups is 1. The van der Waals surface area contributed by atoms with Gasteiger partial charge in [0.1, 0.15) is 5.75 Å². The van der Waals surface area contributed by atoms with Crippen LogP contribution in [0.2, 0.25) is 0 Å². The average molecular weight is 259 g/mol. The summed E-state index contributed by atoms with van der Waals surface area (Å²) in [5.41, 5.74) is 0.759. The Bertz CT molecular complexity index is 581. The second kappa shape index (κ2) is 6.20. The first-order chi connectivity index (χ1) is 9.26. The normalized spacial score (nSPS) is 10.4. The van der Waals surface area contributed by atoms with Gasteiger partial charge in [-0.2, -0.15) is 0 Å². The van der Waals surface area contributed by atoms with E-state index in [9.17, 15) is 9.90 Å². The monoisotopic (exact) mass is 259 g/mol. The molecule has 2 aromatic rings. The first kappa shape index (κ1) is 13.4. The smallest absolute Gasteiger partial charge is 0.223 e. The second-order valence-electron chi connectivity index (χ2n) is 4.19. The van der Waals surface area contributed by atoms with E-state index in [1.165, 1.54) is 0 Å². The van der Waals surface area contributed by atoms with E-state index in [1.807, 2.05) is 36.4 Å². The maximum atomic E-state index is 11.1. The molecular formula is C15H17NO3. The largest absolute Gasteiger partial charge is 0.493 e. The molecule has 2 rings (SSSR count). The lowest BCUT2D eigenvalue weighted by Crippen LogP contribution is -2.20. The lowest BCUT2D eigenvalue weighted by Gasteiger charge is -2.12. The number of ether oxygens (including phenoxy) is 1. The second-order valence-corrected chi connectivity index (χ2v) is 4.19. The van der Waals surface area contributed by atoms with Gasteiger partial charge in [-0.1, -0.05) is 30.3 Å². The Morgan fingerprint density at radius 3 is 2.79 bits per heavy atom. The maximum Gasteiger partial charge on any atom is 0.223 e. The molecule has 0 spiro atoms. The van der Waals surface area contributed by atoms with Gasteiger partial charge in [0.25, 0.3) is 0 Å². The van der Waals surface area contributed by atoms with Crippen molar-refractivity contribution in [3.63, 3.8) is 0 Å². The van der Waals surface area contributed by atoms with E-state index in [1.54, 1.807) is 7.05 Å². The molecule has 0 saturated carbocycles. The van der Waals surface area contributed by atoms with Crippen LogP contribution in [0.5, 0.6) is 5.75 Å². The molecule has 4 heteroatoms. The van der Waals surface area contributed by atoms with E-state index in [0.29, 0.717) is 18.8 Å². The van der Waals surface area contributed by atoms with Crippen LogP contribution in [0.25, 0.3) is 10.8 Å². The van der Waals surface area contributed by atoms with Gasteiger partial charge in [0.15, 0.2) is 0 Å². The van der Waals surface area contributed by atoms with Crippen LogP contribution in [-0.2, 0) is 11.4 Å². The van der Waals surface area contributed by atoms with Gasteiger partial charge in [0.2, 0.25) is 5.91 Å². The molecule has 0 heterocycles. The van der Waals surface area contributed by atoms with Gasteiger partial charge in [-0.3, -0.25) is 4.79 Å². The van der Waals surface area contributed by atoms with Crippen LogP contribution in [-0.4, -0.2) is 24.7 Å². The van der Waals surface area contributed by atoms with E-state index in [-0.39, 0.29) is 12.5 Å². The van der Waals surface area contributed by atoms with Crippen LogP contribution in [0, 0.1) is 0 Å². The summed E-state index contributed by atoms with van der Waals surface area (Å²) in [6.07, 6.45) is 0.300. The summed E-state index contributed by atoms with van der Waals surface area (Å²) in [7, 11) is 1.59. The van der Waals surface area contributed by atoms with E-state index in [4.69, 9.17) is 4.74 Å². The van der Waals surface area contributed by atoms with Gasteiger partial charge in [-0.05, 0) is 16.8 Å². The van der Waals surface area contributed by atoms with Crippen molar-refractivity contribution in [2.75, 3.05) is 13.7 Å². The molecule has 0 aliphatic carbocycles. The topological polar surface area (TPSA) is 58.6 Å². The molecule has 0 aliphatic rings. The number of carbonyl (C=O) groups is 1. The Labute approximate surface area is 112 Å². The molecule has 100 valence electrons. The Morgan fingerprint density at radius 2 is 2.05 bits per heavy atom. The van der Waals surface area contributed by atoms with E-state index in [2.05, 4.69) is 5.32 Å². The third-order valence-corrected chi connectivity index (χ3v) is 3.02. The molecule has 0 saturated heterocycles. The molecule has 1 amide bonds. The molecule has 0 fully saturated rings. The van der Waals surface area contributed by atoms with Gasteiger partial charge in [0.05, 0.1) is 19.6 Å². The Balaban J connectivity index is 2.21. The lowest BCUT2D eigenvalue weighted by atomic mass is 10.0. The van der Waals surface area contributed by atoms with Crippen molar-refractivity contribution in [2.24, 2.45) is 0 Å². The molecular weight excluding hydrogens is 242 g/mol. The lowest BCUT2D eigenvalue weighted by molar-refractivity contribution is -0.121. The fourth-order valence-corrected chi connectivity index (χ4v) is 1.99. The molecule has 4 nitrogen and oxygen atoms in total. The van der Waals surface area contributed by atoms with Crippen molar-refractivity contribution < 1.29 is 14.6 Å². The number of hydrogen-bond donors (Lipinski definition) is 2. The van der Waals surface area contributed by atoms with Crippen molar-refractivity contribution in [1.82, 2.24) is 5.32 Å². The summed E-state index contributed by atoms with van der Waals surface area (Å²) in [6.45, 7) is 0.210. The first-order valence-electron chi connectivity index (χ1n) is 6.21. The molecule has 0 unspecified atom stereocenters. The summed E-state index contributed by atoms with van der Waals surface area (Å²) in [5.74, 6) is 0.566. The summed E-state index contributed by atoms with van der Waals surface area (Å²) >= 11 is 0. The molecule has 0 atom stereocenters. The van der Waals surface area contributed by atoms with Crippen LogP contribution >= 0.6 is 0 Å². The van der Waals surface area contributed by atoms with Crippen molar-refractivity contribution in [3.05, 3.63) is 42.0 Å². The molecule has 0 radical (unpaired) electrons. The SMILES string of the molecule is CNC(=O)CCOc1ccc2ccccc2c1CO. The van der Waals surface area contributed by atoms with Crippen LogP contribution < -0.4 is 10.1 Å². The predicted octanol–water partition coefficient (Wildman–Crippen LogP) is 1.85. The highest BCUT2D eigenvalue weighted by Crippen LogP contribution is 2.28. The van der Waals surface area contributed by atoms with Gasteiger partial charge >= 0.3 is 0 Å². The first-order valence-corrected chi connectivity index (χ1v) is 6.21. The molecule has 2 N–H and O–H groups in total. The number of aliphatic hydroxyl groups excluding tert-OH is 1. The highest BCUT2D eigenvalue weighted by molar-refractivity contribution is 5.87. The third-order valence-electron chi connectivity index (χ3n) is 3.02. The fraction of sp³-hybridized carbons (Fsp3) is 0.267. The minimum Gasteiger partial charge on any atom is -0.493 e. The Kier molecular flexibility index (Phi) is 4.36. The highest BCUT2D eigenvalue weighted by atomic mass is 16.5. The molecule has 0 aliphatic heterocycles. The zero-order valence-corrected chi connectivity index (χ0v) is 10.8. The predicted molar refractivity (Wildman–Crippen MR) is 74.0 cm³/mol. The summed E-state index contributed by atoms with van der Waals surface area (Å²) in [6, 6.07) is 11.6. The number of fused-ring (bicyclic) bond motifs is 1. The third kappa shape index (κ3) is 3.03. The fourth-order valence-electron chi connectivity index (χ4n) is 1.99. The molecule has 0 aromatic heterocycles. The maximum absolute atomic E-state index is 11.1. The van der Waals surface area contributed by atoms with Crippen LogP contribution in [0.4, 0.5) is 0 Å². The number of rotatable bonds is 5. The van der Waals surface area contributed by atoms with E-state index < -0.39 is 0 Å². The minimum atomic E-state index is -0.0866. The van der Waals surface area contributed by atoms with Crippen molar-refractivity contribution in [3.8, 4) is 5.75 Å². The van der Waals surface area contributed by atoms with Gasteiger partial charge in [-0.15, -0.1) is 0 Å². The van der Waals surface area contributed by atoms with Crippen molar-refractivity contribution in [2.45, 2.75) is 13.0 Å². The van der Waals surface area contributed by atoms with Crippen molar-refractivity contribution >= 4 is 16.7 Å². The number of amides is 1. The Hall–Kier alpha value is -2.07. The number of hydrogen-bond acceptors (Lipinski definition) is 3. The summed E-state index contributed by atoms with van der Waals surface area (Å²) in [4.78, 5) is 11.1. The standard InChI is InChI=1S/C15H17NO3/c1-16-15(18)8-9-19-14-7-6-11-4-2-3-5-12(11)13(14)10-17/h2-7,17H,8-10H2,1H3,(H,16,18). The summed E-state index contributed by atoms with van der Waals surface area (Å²) in [5, 5.41) is 14.1. The highest BCUT2D eigenvalue weighted by Gasteiger charge is 2.08. The average Bonchev–Trinajstić information content (AvgIpc) is 2.46. The van der Waals surface area contributed by atoms with E-state index >= 15 is 0 Å². The number of carbonyl (C=O) groups excluding carboxylic acids is 1. The minimum absolute atomic E-state index is 0.0636. The number of benzene rings is 2. The van der Waals surface area contributed by atoms with Crippen LogP contribution in [0.3, 0.4) is 0 Å². The quantitative estimate of drug-likeness (QED) is 0.861. The molecule has 2 aromatic carbocycles. The molecule has 0 bridgehead atoms. The van der Waals surface area contributed by atoms with Crippen molar-refractivity contribution in [1.29, 1.82) is 0 Å². The number of nitrogens with one attached hydrogen (secondary N) is 1. The van der Waals surface area contributed by atoms with Crippen LogP contribution in [0.15, 0.2) is 36.4 Å². The zero-order valence-electron chi connectivity index (χ0n) is 10.8. The van der Waals surface area contributed by atoms with Gasteiger partial charge in [0, 0.05) is 12.6 Å².